The average Bonchev–Trinajstić information content (AvgIpc) is 4.10. The van der Waals surface area contributed by atoms with Crippen molar-refractivity contribution in [1.82, 2.24) is 9.13 Å². The van der Waals surface area contributed by atoms with Crippen molar-refractivity contribution in [2.45, 2.75) is 0 Å². The van der Waals surface area contributed by atoms with Gasteiger partial charge in [-0.05, 0) is 38.9 Å². The van der Waals surface area contributed by atoms with Gasteiger partial charge in [-0.15, -0.1) is 0 Å². The molecule has 12 aromatic carbocycles. The molecule has 358 valence electrons. The van der Waals surface area contributed by atoms with Crippen molar-refractivity contribution in [2.24, 2.45) is 0 Å². The van der Waals surface area contributed by atoms with Crippen molar-refractivity contribution in [3.63, 3.8) is 0 Å². The Morgan fingerprint density at radius 1 is 0.224 bits per heavy atom. The minimum atomic E-state index is -3.53. The van der Waals surface area contributed by atoms with Crippen LogP contribution in [0.5, 0.6) is 0 Å². The molecule has 0 aliphatic heterocycles. The Bertz CT molecular complexity index is 3900. The van der Waals surface area contributed by atoms with E-state index in [2.05, 4.69) is 325 Å². The summed E-state index contributed by atoms with van der Waals surface area (Å²) in [7, 11) is -2.76. The van der Waals surface area contributed by atoms with Crippen LogP contribution >= 0.6 is 0 Å². The Morgan fingerprint density at radius 2 is 0.553 bits per heavy atom. The first-order chi connectivity index (χ1) is 37.7. The van der Waals surface area contributed by atoms with E-state index in [1.165, 1.54) is 98.8 Å². The topological polar surface area (TPSA) is 9.86 Å². The molecule has 0 saturated carbocycles. The molecule has 0 unspecified atom stereocenters. The first kappa shape index (κ1) is 45.6. The number of aromatic nitrogens is 2. The third-order valence-electron chi connectivity index (χ3n) is 16.0. The smallest absolute Gasteiger partial charge is 0.0623 e. The van der Waals surface area contributed by atoms with Crippen LogP contribution in [0, 0.1) is 0 Å². The number of fused-ring (bicyclic) bond motifs is 6. The van der Waals surface area contributed by atoms with Crippen molar-refractivity contribution in [1.29, 1.82) is 0 Å². The molecular weight excluding hydrogens is 994 g/mol. The fourth-order valence-corrected chi connectivity index (χ4v) is 27.6. The van der Waals surface area contributed by atoms with E-state index in [1.807, 2.05) is 0 Å². The van der Waals surface area contributed by atoms with E-state index in [4.69, 9.17) is 0 Å². The number of nitrogens with zero attached hydrogens (tertiary/aromatic N) is 2. The van der Waals surface area contributed by atoms with Crippen molar-refractivity contribution in [3.8, 4) is 22.5 Å². The third-order valence-corrected chi connectivity index (χ3v) is 30.8. The Labute approximate surface area is 447 Å². The van der Waals surface area contributed by atoms with Crippen molar-refractivity contribution >= 4 is 103 Å². The maximum absolute atomic E-state index is 3.53. The van der Waals surface area contributed by atoms with Gasteiger partial charge in [-0.2, -0.15) is 0 Å². The molecule has 0 fully saturated rings. The van der Waals surface area contributed by atoms with Gasteiger partial charge in [0.2, 0.25) is 0 Å². The maximum atomic E-state index is 2.50. The quantitative estimate of drug-likeness (QED) is 0.0902. The van der Waals surface area contributed by atoms with Crippen LogP contribution in [0.1, 0.15) is 0 Å². The summed E-state index contributed by atoms with van der Waals surface area (Å²) in [5.41, 5.74) is 9.49. The molecule has 76 heavy (non-hydrogen) atoms. The Kier molecular flexibility index (Phi) is 11.4. The summed E-state index contributed by atoms with van der Waals surface area (Å²) in [5.74, 6) is 0. The van der Waals surface area contributed by atoms with Gasteiger partial charge in [-0.25, -0.2) is 0 Å². The van der Waals surface area contributed by atoms with E-state index >= 15 is 0 Å². The van der Waals surface area contributed by atoms with Gasteiger partial charge in [0.25, 0.3) is 0 Å². The van der Waals surface area contributed by atoms with Crippen LogP contribution in [-0.4, -0.2) is 30.5 Å². The first-order valence-corrected chi connectivity index (χ1v) is 32.5. The summed E-state index contributed by atoms with van der Waals surface area (Å²) in [6, 6.07) is 118. The molecule has 2 heterocycles. The molecule has 0 saturated heterocycles. The second-order valence-electron chi connectivity index (χ2n) is 20.0. The Hall–Kier alpha value is -9.00. The van der Waals surface area contributed by atoms with Crippen LogP contribution in [0.15, 0.2) is 315 Å². The fraction of sp³-hybridized carbons (Fsp3) is 0. The standard InChI is InChI=1S/C72H52GeN2Si/c1-7-25-55(26-8-1)73(56-27-9-2-10-28-56,57-29-11-3-12-30-57)58-31-23-32-59(51-58)74-69-43-21-19-41-65(69)67-49-53(45-47-71(67)74)54-46-48-72-68(50-54)66-42-20-22-44-70(66)75(72)60-33-24-40-64(52-60)76(61-34-13-4-14-35-61,62-36-15-5-16-37-62)63-38-17-6-18-39-63/h1-52H. The third kappa shape index (κ3) is 7.30. The SMILES string of the molecule is c1ccc([Si](c2ccccc2)(c2ccccc2)c2cccc(-n3c4ccccc4c4cc(-c5ccc6c(c5)c5ccccc5n6-c5ccc[c]([Ge]([c]6ccccc6)([c]6ccccc6)[c]6ccccc6)c5)ccc43)c2)cc1. The van der Waals surface area contributed by atoms with Crippen molar-refractivity contribution < 1.29 is 0 Å². The van der Waals surface area contributed by atoms with Gasteiger partial charge < -0.3 is 4.57 Å². The normalized spacial score (nSPS) is 11.9. The molecule has 2 aromatic heterocycles. The predicted octanol–water partition coefficient (Wildman–Crippen LogP) is 12.3. The summed E-state index contributed by atoms with van der Waals surface area (Å²) >= 11 is -3.53. The molecule has 14 aromatic rings. The van der Waals surface area contributed by atoms with Crippen LogP contribution in [0.2, 0.25) is 0 Å². The van der Waals surface area contributed by atoms with Gasteiger partial charge in [-0.3, -0.25) is 0 Å². The average molecular weight is 1050 g/mol. The van der Waals surface area contributed by atoms with E-state index in [9.17, 15) is 0 Å². The molecular formula is C72H52GeN2Si. The summed E-state index contributed by atoms with van der Waals surface area (Å²) < 4.78 is 10.6. The molecule has 2 nitrogen and oxygen atoms in total. The minimum Gasteiger partial charge on any atom is -0.0623 e. The zero-order valence-electron chi connectivity index (χ0n) is 41.9. The van der Waals surface area contributed by atoms with Crippen molar-refractivity contribution in [2.75, 3.05) is 0 Å². The summed E-state index contributed by atoms with van der Waals surface area (Å²) in [5, 5.41) is 10.4. The van der Waals surface area contributed by atoms with Gasteiger partial charge in [0, 0.05) is 5.69 Å². The van der Waals surface area contributed by atoms with E-state index in [1.54, 1.807) is 0 Å². The summed E-state index contributed by atoms with van der Waals surface area (Å²) in [6.07, 6.45) is 0. The van der Waals surface area contributed by atoms with Crippen LogP contribution in [-0.2, 0) is 0 Å². The molecule has 0 N–H and O–H groups in total. The van der Waals surface area contributed by atoms with Gasteiger partial charge in [0.1, 0.15) is 0 Å². The van der Waals surface area contributed by atoms with E-state index in [0.29, 0.717) is 0 Å². The van der Waals surface area contributed by atoms with Crippen molar-refractivity contribution in [3.05, 3.63) is 315 Å². The minimum absolute atomic E-state index is 1.16. The molecule has 0 amide bonds. The Balaban J connectivity index is 0.912. The molecule has 0 radical (unpaired) electrons. The molecule has 4 heteroatoms. The fourth-order valence-electron chi connectivity index (χ4n) is 12.7. The van der Waals surface area contributed by atoms with E-state index in [-0.39, 0.29) is 0 Å². The van der Waals surface area contributed by atoms with Gasteiger partial charge >= 0.3 is 266 Å². The van der Waals surface area contributed by atoms with Crippen LogP contribution in [0.4, 0.5) is 0 Å². The number of para-hydroxylation sites is 2. The van der Waals surface area contributed by atoms with Gasteiger partial charge in [0.05, 0.1) is 5.52 Å². The van der Waals surface area contributed by atoms with E-state index < -0.39 is 21.3 Å². The van der Waals surface area contributed by atoms with Gasteiger partial charge in [0.15, 0.2) is 8.07 Å². The summed E-state index contributed by atoms with van der Waals surface area (Å²) in [4.78, 5) is 0. The molecule has 0 aliphatic carbocycles. The molecule has 0 bridgehead atoms. The molecule has 0 aliphatic rings. The van der Waals surface area contributed by atoms with E-state index in [0.717, 1.165) is 5.69 Å². The molecule has 0 spiro atoms. The van der Waals surface area contributed by atoms with Crippen LogP contribution in [0.25, 0.3) is 66.1 Å². The zero-order chi connectivity index (χ0) is 50.5. The predicted molar refractivity (Wildman–Crippen MR) is 328 cm³/mol. The Morgan fingerprint density at radius 3 is 0.987 bits per heavy atom. The number of rotatable bonds is 11. The monoisotopic (exact) mass is 1050 g/mol. The molecule has 14 rings (SSSR count). The van der Waals surface area contributed by atoms with Gasteiger partial charge in [-0.1, -0.05) is 121 Å². The second kappa shape index (κ2) is 19.0. The summed E-state index contributed by atoms with van der Waals surface area (Å²) in [6.45, 7) is 0. The second-order valence-corrected chi connectivity index (χ2v) is 31.8. The number of hydrogen-bond donors (Lipinski definition) is 0. The van der Waals surface area contributed by atoms with Crippen LogP contribution < -0.4 is 38.3 Å². The molecule has 0 atom stereocenters. The number of hydrogen-bond acceptors (Lipinski definition) is 0. The van der Waals surface area contributed by atoms with Crippen LogP contribution in [0.3, 0.4) is 0 Å². The zero-order valence-corrected chi connectivity index (χ0v) is 45.0. The first-order valence-electron chi connectivity index (χ1n) is 26.3. The number of benzene rings is 12.